The van der Waals surface area contributed by atoms with Gasteiger partial charge in [0.05, 0.1) is 28.9 Å². The second kappa shape index (κ2) is 9.77. The highest BCUT2D eigenvalue weighted by Gasteiger charge is 2.25. The van der Waals surface area contributed by atoms with Crippen molar-refractivity contribution in [2.45, 2.75) is 33.0 Å². The van der Waals surface area contributed by atoms with Gasteiger partial charge in [-0.1, -0.05) is 18.2 Å². The number of carbonyl (C=O) groups is 1. The number of para-hydroxylation sites is 1. The average molecular weight is 551 g/mol. The number of benzene rings is 2. The number of aromatic nitrogens is 3. The Balaban J connectivity index is 1.53. The molecule has 5 rings (SSSR count). The minimum atomic E-state index is -3.79. The topological polar surface area (TPSA) is 126 Å². The Morgan fingerprint density at radius 2 is 1.82 bits per heavy atom. The SMILES string of the molecule is Cc1ccc(N[C@H](C)c2cccc3c(=O)n(C)c(N4Cc5ccc(F)cc5C4)nc23)c(C(=O)NS(C)(=O)=O)n1. The molecule has 0 fully saturated rings. The van der Waals surface area contributed by atoms with Crippen molar-refractivity contribution in [1.29, 1.82) is 0 Å². The molecule has 39 heavy (non-hydrogen) atoms. The molecule has 3 heterocycles. The summed E-state index contributed by atoms with van der Waals surface area (Å²) in [6, 6.07) is 12.9. The maximum Gasteiger partial charge on any atom is 0.285 e. The van der Waals surface area contributed by atoms with Gasteiger partial charge in [0.2, 0.25) is 16.0 Å². The van der Waals surface area contributed by atoms with Crippen LogP contribution in [0.25, 0.3) is 10.9 Å². The minimum absolute atomic E-state index is 0.0702. The van der Waals surface area contributed by atoms with Crippen molar-refractivity contribution in [2.24, 2.45) is 7.05 Å². The minimum Gasteiger partial charge on any atom is -0.377 e. The van der Waals surface area contributed by atoms with Gasteiger partial charge in [-0.25, -0.2) is 27.5 Å². The fourth-order valence-electron chi connectivity index (χ4n) is 4.82. The van der Waals surface area contributed by atoms with E-state index in [1.165, 1.54) is 16.7 Å². The number of fused-ring (bicyclic) bond motifs is 2. The van der Waals surface area contributed by atoms with Crippen LogP contribution in [0.15, 0.2) is 53.3 Å². The highest BCUT2D eigenvalue weighted by molar-refractivity contribution is 7.89. The van der Waals surface area contributed by atoms with Gasteiger partial charge in [0.1, 0.15) is 5.82 Å². The van der Waals surface area contributed by atoms with Gasteiger partial charge < -0.3 is 10.2 Å². The van der Waals surface area contributed by atoms with E-state index in [4.69, 9.17) is 4.98 Å². The number of rotatable bonds is 6. The molecule has 0 radical (unpaired) electrons. The number of nitrogens with zero attached hydrogens (tertiary/aromatic N) is 4. The van der Waals surface area contributed by atoms with Gasteiger partial charge in [0, 0.05) is 31.4 Å². The number of carbonyl (C=O) groups excluding carboxylic acids is 1. The van der Waals surface area contributed by atoms with E-state index in [-0.39, 0.29) is 17.1 Å². The van der Waals surface area contributed by atoms with Crippen molar-refractivity contribution in [1.82, 2.24) is 19.3 Å². The van der Waals surface area contributed by atoms with Gasteiger partial charge in [-0.15, -0.1) is 0 Å². The summed E-state index contributed by atoms with van der Waals surface area (Å²) in [7, 11) is -2.14. The van der Waals surface area contributed by atoms with Crippen LogP contribution in [0.2, 0.25) is 0 Å². The standard InChI is InChI=1S/C27H27FN6O4S/c1-15-8-11-22(24(29-15)25(35)32-39(4,37)38)30-16(2)20-6-5-7-21-23(20)31-27(33(3)26(21)36)34-13-17-9-10-19(28)12-18(17)14-34/h5-12,16,30H,13-14H2,1-4H3,(H,32,35)/t16-/m1/s1. The third-order valence-corrected chi connectivity index (χ3v) is 7.21. The predicted octanol–water partition coefficient (Wildman–Crippen LogP) is 3.16. The monoisotopic (exact) mass is 550 g/mol. The van der Waals surface area contributed by atoms with Gasteiger partial charge in [0.25, 0.3) is 11.5 Å². The summed E-state index contributed by atoms with van der Waals surface area (Å²) in [6.07, 6.45) is 0.895. The molecule has 2 aromatic heterocycles. The molecule has 0 bridgehead atoms. The largest absolute Gasteiger partial charge is 0.377 e. The summed E-state index contributed by atoms with van der Waals surface area (Å²) in [6.45, 7) is 4.45. The van der Waals surface area contributed by atoms with Crippen LogP contribution < -0.4 is 20.5 Å². The first kappa shape index (κ1) is 26.3. The van der Waals surface area contributed by atoms with E-state index in [0.29, 0.717) is 46.9 Å². The van der Waals surface area contributed by atoms with E-state index < -0.39 is 22.0 Å². The summed E-state index contributed by atoms with van der Waals surface area (Å²) in [4.78, 5) is 37.1. The Kier molecular flexibility index (Phi) is 6.59. The van der Waals surface area contributed by atoms with Crippen LogP contribution in [0, 0.1) is 12.7 Å². The number of aryl methyl sites for hydroxylation is 1. The fraction of sp³-hybridized carbons (Fsp3) is 0.259. The smallest absolute Gasteiger partial charge is 0.285 e. The average Bonchev–Trinajstić information content (AvgIpc) is 3.28. The van der Waals surface area contributed by atoms with E-state index >= 15 is 0 Å². The van der Waals surface area contributed by atoms with Crippen LogP contribution in [-0.4, -0.2) is 35.1 Å². The van der Waals surface area contributed by atoms with Crippen molar-refractivity contribution >= 4 is 38.5 Å². The quantitative estimate of drug-likeness (QED) is 0.375. The lowest BCUT2D eigenvalue weighted by atomic mass is 10.0. The van der Waals surface area contributed by atoms with E-state index in [1.54, 1.807) is 44.3 Å². The number of hydrogen-bond donors (Lipinski definition) is 2. The normalized spacial score (nSPS) is 13.8. The molecule has 0 unspecified atom stereocenters. The highest BCUT2D eigenvalue weighted by Crippen LogP contribution is 2.30. The van der Waals surface area contributed by atoms with Crippen LogP contribution in [0.1, 0.15) is 45.8 Å². The van der Waals surface area contributed by atoms with Crippen LogP contribution in [0.4, 0.5) is 16.0 Å². The molecular weight excluding hydrogens is 523 g/mol. The molecule has 2 aromatic carbocycles. The van der Waals surface area contributed by atoms with Crippen molar-refractivity contribution < 1.29 is 17.6 Å². The number of anilines is 2. The molecule has 1 aliphatic heterocycles. The van der Waals surface area contributed by atoms with E-state index in [2.05, 4.69) is 10.3 Å². The van der Waals surface area contributed by atoms with Crippen LogP contribution in [0.5, 0.6) is 0 Å². The van der Waals surface area contributed by atoms with Gasteiger partial charge in [-0.05, 0) is 55.3 Å². The molecule has 0 aliphatic carbocycles. The summed E-state index contributed by atoms with van der Waals surface area (Å²) in [5.74, 6) is -0.713. The zero-order valence-corrected chi connectivity index (χ0v) is 22.6. The summed E-state index contributed by atoms with van der Waals surface area (Å²) in [5.41, 5.74) is 3.57. The second-order valence-electron chi connectivity index (χ2n) is 9.71. The second-order valence-corrected chi connectivity index (χ2v) is 11.5. The zero-order chi connectivity index (χ0) is 28.1. The first-order valence-corrected chi connectivity index (χ1v) is 14.1. The molecule has 0 spiro atoms. The van der Waals surface area contributed by atoms with Crippen molar-refractivity contribution in [3.8, 4) is 0 Å². The van der Waals surface area contributed by atoms with E-state index in [9.17, 15) is 22.4 Å². The van der Waals surface area contributed by atoms with Gasteiger partial charge >= 0.3 is 0 Å². The molecule has 0 saturated heterocycles. The lowest BCUT2D eigenvalue weighted by Gasteiger charge is -2.22. The van der Waals surface area contributed by atoms with Crippen molar-refractivity contribution in [2.75, 3.05) is 16.5 Å². The lowest BCUT2D eigenvalue weighted by molar-refractivity contribution is 0.0977. The third-order valence-electron chi connectivity index (χ3n) is 6.65. The van der Waals surface area contributed by atoms with E-state index in [1.807, 2.05) is 22.6 Å². The molecule has 12 heteroatoms. The molecule has 4 aromatic rings. The maximum absolute atomic E-state index is 13.8. The molecule has 2 N–H and O–H groups in total. The molecule has 1 atom stereocenters. The lowest BCUT2D eigenvalue weighted by Crippen LogP contribution is -2.31. The summed E-state index contributed by atoms with van der Waals surface area (Å²) >= 11 is 0. The van der Waals surface area contributed by atoms with Gasteiger partial charge in [-0.2, -0.15) is 0 Å². The number of pyridine rings is 1. The third kappa shape index (κ3) is 5.19. The fourth-order valence-corrected chi connectivity index (χ4v) is 5.25. The Bertz CT molecular complexity index is 1800. The first-order valence-electron chi connectivity index (χ1n) is 12.2. The van der Waals surface area contributed by atoms with Crippen LogP contribution >= 0.6 is 0 Å². The van der Waals surface area contributed by atoms with Crippen molar-refractivity contribution in [3.63, 3.8) is 0 Å². The molecular formula is C27H27FN6O4S. The predicted molar refractivity (Wildman–Crippen MR) is 147 cm³/mol. The molecule has 10 nitrogen and oxygen atoms in total. The number of amides is 1. The molecule has 202 valence electrons. The van der Waals surface area contributed by atoms with Gasteiger partial charge in [-0.3, -0.25) is 14.2 Å². The molecule has 1 aliphatic rings. The van der Waals surface area contributed by atoms with Crippen LogP contribution in [-0.2, 0) is 30.2 Å². The Morgan fingerprint density at radius 3 is 2.56 bits per heavy atom. The summed E-state index contributed by atoms with van der Waals surface area (Å²) < 4.78 is 40.5. The molecule has 0 saturated carbocycles. The Hall–Kier alpha value is -4.32. The Labute approximate surface area is 224 Å². The van der Waals surface area contributed by atoms with Crippen LogP contribution in [0.3, 0.4) is 0 Å². The maximum atomic E-state index is 13.8. The Morgan fingerprint density at radius 1 is 1.08 bits per heavy atom. The number of sulfonamides is 1. The summed E-state index contributed by atoms with van der Waals surface area (Å²) in [5, 5.41) is 3.66. The number of halogens is 1. The van der Waals surface area contributed by atoms with Gasteiger partial charge in [0.15, 0.2) is 5.69 Å². The zero-order valence-electron chi connectivity index (χ0n) is 21.8. The number of hydrogen-bond acceptors (Lipinski definition) is 8. The number of nitrogens with one attached hydrogen (secondary N) is 2. The van der Waals surface area contributed by atoms with E-state index in [0.717, 1.165) is 17.4 Å². The molecule has 1 amide bonds. The first-order chi connectivity index (χ1) is 18.4. The highest BCUT2D eigenvalue weighted by atomic mass is 32.2. The van der Waals surface area contributed by atoms with Crippen molar-refractivity contribution in [3.05, 3.63) is 92.8 Å².